The van der Waals surface area contributed by atoms with Gasteiger partial charge in [0, 0.05) is 35.2 Å². The molecule has 0 bridgehead atoms. The summed E-state index contributed by atoms with van der Waals surface area (Å²) in [6.45, 7) is 13.4. The first-order chi connectivity index (χ1) is 28.2. The molecule has 3 fully saturated rings. The average molecular weight is 830 g/mol. The van der Waals surface area contributed by atoms with Crippen LogP contribution in [0.3, 0.4) is 0 Å². The molecule has 4 heterocycles. The van der Waals surface area contributed by atoms with Crippen molar-refractivity contribution in [2.45, 2.75) is 109 Å². The number of tetrazole rings is 1. The first-order valence-corrected chi connectivity index (χ1v) is 20.7. The third-order valence-corrected chi connectivity index (χ3v) is 11.6. The molecule has 4 aromatic rings. The van der Waals surface area contributed by atoms with Crippen molar-refractivity contribution in [2.75, 3.05) is 24.3 Å². The van der Waals surface area contributed by atoms with Crippen molar-refractivity contribution in [3.63, 3.8) is 0 Å². The second-order valence-corrected chi connectivity index (χ2v) is 17.5. The van der Waals surface area contributed by atoms with Crippen molar-refractivity contribution in [2.24, 2.45) is 11.3 Å². The van der Waals surface area contributed by atoms with Gasteiger partial charge in [-0.25, -0.2) is 14.8 Å². The van der Waals surface area contributed by atoms with Gasteiger partial charge in [0.15, 0.2) is 5.13 Å². The Kier molecular flexibility index (Phi) is 11.8. The Bertz CT molecular complexity index is 2200. The number of carbonyl (C=O) groups excluding carboxylic acids is 4. The number of benzene rings is 1. The molecule has 0 radical (unpaired) electrons. The zero-order valence-corrected chi connectivity index (χ0v) is 34.9. The van der Waals surface area contributed by atoms with E-state index in [2.05, 4.69) is 48.5 Å². The maximum absolute atomic E-state index is 14.8. The van der Waals surface area contributed by atoms with Gasteiger partial charge in [-0.3, -0.25) is 19.7 Å². The zero-order valence-electron chi connectivity index (χ0n) is 34.0. The van der Waals surface area contributed by atoms with E-state index in [1.807, 2.05) is 64.3 Å². The third-order valence-electron chi connectivity index (χ3n) is 10.9. The van der Waals surface area contributed by atoms with E-state index >= 15 is 0 Å². The summed E-state index contributed by atoms with van der Waals surface area (Å²) in [5.41, 5.74) is -0.451. The molecule has 2 saturated carbocycles. The van der Waals surface area contributed by atoms with E-state index in [-0.39, 0.29) is 37.5 Å². The van der Waals surface area contributed by atoms with Gasteiger partial charge in [-0.15, -0.1) is 23.0 Å². The molecule has 0 spiro atoms. The lowest BCUT2D eigenvalue weighted by Crippen LogP contribution is -2.59. The highest BCUT2D eigenvalue weighted by Crippen LogP contribution is 2.46. The Morgan fingerprint density at radius 1 is 1.10 bits per heavy atom. The quantitative estimate of drug-likeness (QED) is 0.108. The minimum absolute atomic E-state index is 0.0207. The summed E-state index contributed by atoms with van der Waals surface area (Å²) in [4.78, 5) is 67.4. The number of hydrogen-bond donors (Lipinski definition) is 5. The van der Waals surface area contributed by atoms with Gasteiger partial charge in [0.05, 0.1) is 19.2 Å². The van der Waals surface area contributed by atoms with Crippen LogP contribution < -0.4 is 30.7 Å². The SMILES string of the molecule is C=C[C@@H]1C[C@]1(NC(=O)[C@@H]1C[C@@H](Oc2cc3ccc(OC)cc3nc2-c2csc(NC(C)C)n2)CN1C(=O)[C@@H](NC(=O)OC1CCCC1)C(C)(C)C)C(=O)Nc1nn[nH]n1. The van der Waals surface area contributed by atoms with Crippen molar-refractivity contribution < 1.29 is 33.4 Å². The van der Waals surface area contributed by atoms with Gasteiger partial charge < -0.3 is 35.1 Å². The molecule has 19 heteroatoms. The maximum atomic E-state index is 14.8. The largest absolute Gasteiger partial charge is 0.497 e. The summed E-state index contributed by atoms with van der Waals surface area (Å²) in [7, 11) is 1.59. The van der Waals surface area contributed by atoms with Crippen LogP contribution >= 0.6 is 11.3 Å². The summed E-state index contributed by atoms with van der Waals surface area (Å²) >= 11 is 1.44. The monoisotopic (exact) mass is 829 g/mol. The smallest absolute Gasteiger partial charge is 0.408 e. The van der Waals surface area contributed by atoms with Crippen LogP contribution in [0, 0.1) is 11.3 Å². The topological polar surface area (TPSA) is 228 Å². The highest BCUT2D eigenvalue weighted by Gasteiger charge is 2.61. The minimum Gasteiger partial charge on any atom is -0.497 e. The standard InChI is InChI=1S/C40H51N11O7S/c1-8-23-18-40(23,35(54)45-36-47-49-50-48-36)46-33(52)29-17-26(19-51(29)34(53)32(39(4,5)6)44-38(55)58-24-11-9-10-12-24)57-30-15-22-13-14-25(56-7)16-27(22)42-31(30)28-20-59-37(43-28)41-21(2)3/h8,13-16,20-21,23-24,26,29,32H,1,9-12,17-19H2,2-7H3,(H,41,43)(H,44,55)(H,46,52)(H2,45,47,48,49,50,54)/t23-,26-,29+,32-,40-/m1/s1. The highest BCUT2D eigenvalue weighted by atomic mass is 32.1. The molecule has 7 rings (SSSR count). The van der Waals surface area contributed by atoms with Gasteiger partial charge in [0.2, 0.25) is 11.8 Å². The predicted molar refractivity (Wildman–Crippen MR) is 220 cm³/mol. The third kappa shape index (κ3) is 9.09. The number of pyridine rings is 1. The number of hydrogen-bond acceptors (Lipinski definition) is 14. The Morgan fingerprint density at radius 2 is 1.88 bits per heavy atom. The number of amides is 4. The second-order valence-electron chi connectivity index (χ2n) is 16.7. The van der Waals surface area contributed by atoms with E-state index in [9.17, 15) is 19.2 Å². The molecule has 1 saturated heterocycles. The molecular formula is C40H51N11O7S. The Balaban J connectivity index is 1.21. The molecule has 3 aromatic heterocycles. The number of alkyl carbamates (subject to hydrolysis) is 1. The molecule has 18 nitrogen and oxygen atoms in total. The number of aromatic nitrogens is 6. The fourth-order valence-electron chi connectivity index (χ4n) is 7.67. The van der Waals surface area contributed by atoms with Crippen molar-refractivity contribution >= 4 is 57.1 Å². The van der Waals surface area contributed by atoms with Gasteiger partial charge in [0.25, 0.3) is 11.9 Å². The molecular weight excluding hydrogens is 779 g/mol. The zero-order chi connectivity index (χ0) is 42.1. The molecule has 5 N–H and O–H groups in total. The normalized spacial score (nSPS) is 22.2. The van der Waals surface area contributed by atoms with E-state index in [1.165, 1.54) is 16.2 Å². The molecule has 4 amide bonds. The van der Waals surface area contributed by atoms with Crippen LogP contribution in [0.5, 0.6) is 11.5 Å². The molecule has 59 heavy (non-hydrogen) atoms. The van der Waals surface area contributed by atoms with Crippen LogP contribution in [0.2, 0.25) is 0 Å². The number of rotatable bonds is 14. The van der Waals surface area contributed by atoms with Crippen LogP contribution in [0.1, 0.15) is 73.1 Å². The average Bonchev–Trinajstić information content (AvgIpc) is 3.83. The summed E-state index contributed by atoms with van der Waals surface area (Å²) in [6, 6.07) is 5.37. The van der Waals surface area contributed by atoms with Crippen LogP contribution in [-0.2, 0) is 19.1 Å². The van der Waals surface area contributed by atoms with Gasteiger partial charge in [-0.1, -0.05) is 31.9 Å². The molecule has 1 aromatic carbocycles. The van der Waals surface area contributed by atoms with Crippen molar-refractivity contribution in [3.05, 3.63) is 42.3 Å². The van der Waals surface area contributed by atoms with E-state index in [0.717, 1.165) is 31.1 Å². The number of nitrogens with one attached hydrogen (secondary N) is 5. The maximum Gasteiger partial charge on any atom is 0.408 e. The first-order valence-electron chi connectivity index (χ1n) is 19.8. The molecule has 2 aliphatic carbocycles. The number of aromatic amines is 1. The molecule has 314 valence electrons. The van der Waals surface area contributed by atoms with Gasteiger partial charge >= 0.3 is 6.09 Å². The Hall–Kier alpha value is -5.85. The van der Waals surface area contributed by atoms with Gasteiger partial charge in [0.1, 0.15) is 52.7 Å². The number of nitrogens with zero attached hydrogens (tertiary/aromatic N) is 6. The van der Waals surface area contributed by atoms with Crippen LogP contribution in [-0.4, -0.2) is 109 Å². The number of thiazole rings is 1. The molecule has 0 unspecified atom stereocenters. The Labute approximate surface area is 345 Å². The van der Waals surface area contributed by atoms with E-state index in [0.29, 0.717) is 33.5 Å². The number of carbonyl (C=O) groups is 4. The van der Waals surface area contributed by atoms with Crippen LogP contribution in [0.4, 0.5) is 15.9 Å². The summed E-state index contributed by atoms with van der Waals surface area (Å²) in [5, 5.41) is 28.5. The molecule has 5 atom stereocenters. The number of anilines is 2. The summed E-state index contributed by atoms with van der Waals surface area (Å²) in [6.07, 6.45) is 3.74. The lowest BCUT2D eigenvalue weighted by Gasteiger charge is -2.35. The van der Waals surface area contributed by atoms with Crippen LogP contribution in [0.25, 0.3) is 22.3 Å². The minimum atomic E-state index is -1.37. The van der Waals surface area contributed by atoms with Gasteiger partial charge in [-0.05, 0) is 74.8 Å². The number of fused-ring (bicyclic) bond motifs is 1. The summed E-state index contributed by atoms with van der Waals surface area (Å²) < 4.78 is 17.9. The predicted octanol–water partition coefficient (Wildman–Crippen LogP) is 4.83. The van der Waals surface area contributed by atoms with Gasteiger partial charge in [-0.2, -0.15) is 5.21 Å². The van der Waals surface area contributed by atoms with E-state index in [1.54, 1.807) is 13.2 Å². The number of ether oxygens (including phenoxy) is 3. The Morgan fingerprint density at radius 3 is 2.54 bits per heavy atom. The summed E-state index contributed by atoms with van der Waals surface area (Å²) in [5.74, 6) is -1.05. The highest BCUT2D eigenvalue weighted by molar-refractivity contribution is 7.14. The number of methoxy groups -OCH3 is 1. The second kappa shape index (κ2) is 16.8. The van der Waals surface area contributed by atoms with Crippen LogP contribution in [0.15, 0.2) is 42.3 Å². The first kappa shape index (κ1) is 41.3. The van der Waals surface area contributed by atoms with Crippen molar-refractivity contribution in [1.82, 2.24) is 46.1 Å². The fourth-order valence-corrected chi connectivity index (χ4v) is 8.51. The lowest BCUT2D eigenvalue weighted by atomic mass is 9.85. The van der Waals surface area contributed by atoms with E-state index in [4.69, 9.17) is 24.2 Å². The van der Waals surface area contributed by atoms with Crippen molar-refractivity contribution in [3.8, 4) is 22.9 Å². The molecule has 3 aliphatic rings. The van der Waals surface area contributed by atoms with Crippen molar-refractivity contribution in [1.29, 1.82) is 0 Å². The van der Waals surface area contributed by atoms with E-state index < -0.39 is 58.9 Å². The molecule has 1 aliphatic heterocycles. The lowest BCUT2D eigenvalue weighted by molar-refractivity contribution is -0.142. The number of H-pyrrole nitrogens is 1. The number of likely N-dealkylation sites (tertiary alicyclic amines) is 1. The fraction of sp³-hybridized carbons (Fsp3) is 0.525.